The summed E-state index contributed by atoms with van der Waals surface area (Å²) in [5, 5.41) is 5.36. The van der Waals surface area contributed by atoms with Gasteiger partial charge in [0.2, 0.25) is 5.91 Å². The van der Waals surface area contributed by atoms with Gasteiger partial charge >= 0.3 is 0 Å². The zero-order valence-electron chi connectivity index (χ0n) is 15.6. The van der Waals surface area contributed by atoms with Crippen LogP contribution in [0.2, 0.25) is 5.02 Å². The van der Waals surface area contributed by atoms with Crippen molar-refractivity contribution in [1.82, 2.24) is 19.6 Å². The Bertz CT molecular complexity index is 819. The summed E-state index contributed by atoms with van der Waals surface area (Å²) in [5.41, 5.74) is 3.98. The van der Waals surface area contributed by atoms with Crippen molar-refractivity contribution < 1.29 is 4.79 Å². The van der Waals surface area contributed by atoms with Gasteiger partial charge in [0.05, 0.1) is 12.2 Å². The summed E-state index contributed by atoms with van der Waals surface area (Å²) in [7, 11) is 2.08. The zero-order valence-corrected chi connectivity index (χ0v) is 16.3. The molecule has 0 spiro atoms. The van der Waals surface area contributed by atoms with Gasteiger partial charge in [0.15, 0.2) is 0 Å². The molecule has 1 aliphatic rings. The number of aromatic nitrogens is 2. The lowest BCUT2D eigenvalue weighted by molar-refractivity contribution is -0.127. The van der Waals surface area contributed by atoms with Crippen LogP contribution in [0.25, 0.3) is 6.08 Å². The van der Waals surface area contributed by atoms with Crippen molar-refractivity contribution in [3.8, 4) is 0 Å². The molecule has 0 radical (unpaired) electrons. The molecule has 0 unspecified atom stereocenters. The van der Waals surface area contributed by atoms with Gasteiger partial charge in [-0.05, 0) is 38.6 Å². The fourth-order valence-electron chi connectivity index (χ4n) is 3.18. The van der Waals surface area contributed by atoms with E-state index in [1.807, 2.05) is 53.8 Å². The van der Waals surface area contributed by atoms with E-state index >= 15 is 0 Å². The van der Waals surface area contributed by atoms with E-state index in [-0.39, 0.29) is 5.91 Å². The summed E-state index contributed by atoms with van der Waals surface area (Å²) in [6.45, 7) is 8.02. The minimum Gasteiger partial charge on any atom is -0.337 e. The Morgan fingerprint density at radius 2 is 1.88 bits per heavy atom. The number of carbonyl (C=O) groups excluding carboxylic acids is 1. The number of benzene rings is 1. The Kier molecular flexibility index (Phi) is 5.79. The summed E-state index contributed by atoms with van der Waals surface area (Å²) >= 11 is 6.26. The van der Waals surface area contributed by atoms with E-state index in [1.165, 1.54) is 0 Å². The van der Waals surface area contributed by atoms with Crippen molar-refractivity contribution in [2.75, 3.05) is 33.2 Å². The molecule has 5 nitrogen and oxygen atoms in total. The summed E-state index contributed by atoms with van der Waals surface area (Å²) in [5.74, 6) is 0.0655. The first-order valence-electron chi connectivity index (χ1n) is 8.88. The predicted octanol–water partition coefficient (Wildman–Crippen LogP) is 2.99. The third-order valence-electron chi connectivity index (χ3n) is 4.92. The zero-order chi connectivity index (χ0) is 18.7. The van der Waals surface area contributed by atoms with Gasteiger partial charge in [-0.1, -0.05) is 29.8 Å². The number of hydrogen-bond donors (Lipinski definition) is 0. The van der Waals surface area contributed by atoms with Crippen LogP contribution in [0.5, 0.6) is 0 Å². The third-order valence-corrected chi connectivity index (χ3v) is 5.29. The lowest BCUT2D eigenvalue weighted by Gasteiger charge is -2.31. The number of piperazine rings is 1. The predicted molar refractivity (Wildman–Crippen MR) is 105 cm³/mol. The highest BCUT2D eigenvalue weighted by molar-refractivity contribution is 6.31. The number of halogens is 1. The molecule has 3 rings (SSSR count). The number of carbonyl (C=O) groups is 1. The summed E-state index contributed by atoms with van der Waals surface area (Å²) in [6, 6.07) is 7.79. The highest BCUT2D eigenvalue weighted by Crippen LogP contribution is 2.20. The van der Waals surface area contributed by atoms with Gasteiger partial charge in [-0.2, -0.15) is 5.10 Å². The Hall–Kier alpha value is -2.11. The molecule has 1 aromatic heterocycles. The van der Waals surface area contributed by atoms with Crippen LogP contribution < -0.4 is 0 Å². The van der Waals surface area contributed by atoms with Gasteiger partial charge < -0.3 is 9.80 Å². The van der Waals surface area contributed by atoms with Crippen molar-refractivity contribution in [2.24, 2.45) is 0 Å². The van der Waals surface area contributed by atoms with Crippen molar-refractivity contribution in [2.45, 2.75) is 20.4 Å². The van der Waals surface area contributed by atoms with E-state index in [1.54, 1.807) is 6.08 Å². The van der Waals surface area contributed by atoms with Crippen LogP contribution in [-0.4, -0.2) is 58.7 Å². The average Bonchev–Trinajstić information content (AvgIpc) is 2.89. The number of hydrogen-bond acceptors (Lipinski definition) is 3. The second-order valence-corrected chi connectivity index (χ2v) is 7.20. The largest absolute Gasteiger partial charge is 0.337 e. The molecule has 0 N–H and O–H groups in total. The highest BCUT2D eigenvalue weighted by atomic mass is 35.5. The first kappa shape index (κ1) is 18.7. The fraction of sp³-hybridized carbons (Fsp3) is 0.400. The summed E-state index contributed by atoms with van der Waals surface area (Å²) in [6.07, 6.45) is 3.56. The van der Waals surface area contributed by atoms with Crippen LogP contribution in [-0.2, 0) is 11.3 Å². The standard InChI is InChI=1S/C20H25ClN4O/c1-15-18(8-9-20(26)24-12-10-23(3)11-13-24)16(2)25(22-15)14-17-6-4-5-7-19(17)21/h4-9H,10-14H2,1-3H3/b9-8+. The molecule has 0 bridgehead atoms. The highest BCUT2D eigenvalue weighted by Gasteiger charge is 2.17. The lowest BCUT2D eigenvalue weighted by atomic mass is 10.1. The van der Waals surface area contributed by atoms with Crippen molar-refractivity contribution in [1.29, 1.82) is 0 Å². The number of nitrogens with zero attached hydrogens (tertiary/aromatic N) is 4. The average molecular weight is 373 g/mol. The molecule has 1 amide bonds. The van der Waals surface area contributed by atoms with Crippen LogP contribution in [0.3, 0.4) is 0 Å². The van der Waals surface area contributed by atoms with Gasteiger partial charge in [-0.15, -0.1) is 0 Å². The Labute approximate surface area is 159 Å². The first-order valence-corrected chi connectivity index (χ1v) is 9.26. The number of rotatable bonds is 4. The first-order chi connectivity index (χ1) is 12.5. The Balaban J connectivity index is 1.73. The molecule has 1 saturated heterocycles. The molecule has 0 atom stereocenters. The molecule has 1 aliphatic heterocycles. The monoisotopic (exact) mass is 372 g/mol. The summed E-state index contributed by atoms with van der Waals surface area (Å²) < 4.78 is 1.94. The molecule has 2 aromatic rings. The van der Waals surface area contributed by atoms with Crippen LogP contribution in [0.4, 0.5) is 0 Å². The van der Waals surface area contributed by atoms with Gasteiger partial charge in [-0.3, -0.25) is 9.48 Å². The van der Waals surface area contributed by atoms with Crippen molar-refractivity contribution in [3.63, 3.8) is 0 Å². The van der Waals surface area contributed by atoms with E-state index in [2.05, 4.69) is 17.0 Å². The van der Waals surface area contributed by atoms with Crippen molar-refractivity contribution in [3.05, 3.63) is 57.9 Å². The van der Waals surface area contributed by atoms with Crippen molar-refractivity contribution >= 4 is 23.6 Å². The number of likely N-dealkylation sites (N-methyl/N-ethyl adjacent to an activating group) is 1. The van der Waals surface area contributed by atoms with Crippen LogP contribution in [0.1, 0.15) is 22.5 Å². The molecule has 2 heterocycles. The van der Waals surface area contributed by atoms with E-state index in [0.29, 0.717) is 6.54 Å². The smallest absolute Gasteiger partial charge is 0.246 e. The maximum atomic E-state index is 12.4. The maximum absolute atomic E-state index is 12.4. The van der Waals surface area contributed by atoms with Gasteiger partial charge in [0, 0.05) is 48.5 Å². The molecular formula is C20H25ClN4O. The second-order valence-electron chi connectivity index (χ2n) is 6.80. The topological polar surface area (TPSA) is 41.4 Å². The van der Waals surface area contributed by atoms with Gasteiger partial charge in [0.25, 0.3) is 0 Å². The second kappa shape index (κ2) is 8.06. The molecular weight excluding hydrogens is 348 g/mol. The van der Waals surface area contributed by atoms with Crippen LogP contribution in [0, 0.1) is 13.8 Å². The molecule has 6 heteroatoms. The van der Waals surface area contributed by atoms with E-state index in [0.717, 1.165) is 53.7 Å². The normalized spacial score (nSPS) is 15.8. The quantitative estimate of drug-likeness (QED) is 0.775. The van der Waals surface area contributed by atoms with Crippen LogP contribution >= 0.6 is 11.6 Å². The van der Waals surface area contributed by atoms with E-state index in [9.17, 15) is 4.79 Å². The minimum absolute atomic E-state index is 0.0655. The van der Waals surface area contributed by atoms with Crippen LogP contribution in [0.15, 0.2) is 30.3 Å². The fourth-order valence-corrected chi connectivity index (χ4v) is 3.38. The van der Waals surface area contributed by atoms with E-state index in [4.69, 9.17) is 11.6 Å². The molecule has 26 heavy (non-hydrogen) atoms. The van der Waals surface area contributed by atoms with E-state index < -0.39 is 0 Å². The molecule has 0 saturated carbocycles. The number of aryl methyl sites for hydroxylation is 1. The molecule has 1 fully saturated rings. The number of amides is 1. The maximum Gasteiger partial charge on any atom is 0.246 e. The SMILES string of the molecule is Cc1nn(Cc2ccccc2Cl)c(C)c1/C=C/C(=O)N1CCN(C)CC1. The molecule has 0 aliphatic carbocycles. The lowest BCUT2D eigenvalue weighted by Crippen LogP contribution is -2.46. The van der Waals surface area contributed by atoms with Gasteiger partial charge in [-0.25, -0.2) is 0 Å². The Morgan fingerprint density at radius 1 is 1.19 bits per heavy atom. The summed E-state index contributed by atoms with van der Waals surface area (Å²) in [4.78, 5) is 16.6. The third kappa shape index (κ3) is 4.17. The molecule has 1 aromatic carbocycles. The van der Waals surface area contributed by atoms with Gasteiger partial charge in [0.1, 0.15) is 0 Å². The molecule has 138 valence electrons. The Morgan fingerprint density at radius 3 is 2.58 bits per heavy atom. The minimum atomic E-state index is 0.0655.